The fraction of sp³-hybridized carbons (Fsp3) is 0.188. The monoisotopic (exact) mass is 320 g/mol. The Balaban J connectivity index is 1.74. The first kappa shape index (κ1) is 16.2. The Morgan fingerprint density at radius 2 is 1.59 bits per heavy atom. The lowest BCUT2D eigenvalue weighted by Crippen LogP contribution is -2.10. The highest BCUT2D eigenvalue weighted by Gasteiger charge is 2.13. The van der Waals surface area contributed by atoms with Gasteiger partial charge in [0.25, 0.3) is 10.1 Å². The molecule has 6 heteroatoms. The molecule has 5 nitrogen and oxygen atoms in total. The number of aldehydes is 1. The highest BCUT2D eigenvalue weighted by molar-refractivity contribution is 7.86. The van der Waals surface area contributed by atoms with E-state index in [-0.39, 0.29) is 11.5 Å². The molecule has 22 heavy (non-hydrogen) atoms. The molecule has 0 unspecified atom stereocenters. The van der Waals surface area contributed by atoms with Gasteiger partial charge < -0.3 is 4.74 Å². The van der Waals surface area contributed by atoms with Gasteiger partial charge in [-0.2, -0.15) is 8.42 Å². The first-order valence-electron chi connectivity index (χ1n) is 6.74. The van der Waals surface area contributed by atoms with Crippen LogP contribution in [0.15, 0.2) is 59.5 Å². The van der Waals surface area contributed by atoms with Gasteiger partial charge in [0.1, 0.15) is 12.0 Å². The molecule has 0 bridgehead atoms. The average molecular weight is 320 g/mol. The Morgan fingerprint density at radius 1 is 0.909 bits per heavy atom. The molecule has 0 aliphatic heterocycles. The molecule has 0 saturated heterocycles. The van der Waals surface area contributed by atoms with Gasteiger partial charge in [-0.25, -0.2) is 0 Å². The van der Waals surface area contributed by atoms with E-state index >= 15 is 0 Å². The molecule has 0 aliphatic carbocycles. The van der Waals surface area contributed by atoms with Gasteiger partial charge in [0.05, 0.1) is 18.1 Å². The van der Waals surface area contributed by atoms with Crippen molar-refractivity contribution in [3.63, 3.8) is 0 Å². The molecular formula is C16H16O5S. The van der Waals surface area contributed by atoms with E-state index in [0.29, 0.717) is 24.3 Å². The molecule has 0 spiro atoms. The summed E-state index contributed by atoms with van der Waals surface area (Å²) in [5.74, 6) is 0.622. The van der Waals surface area contributed by atoms with Crippen LogP contribution in [0.4, 0.5) is 0 Å². The zero-order valence-electron chi connectivity index (χ0n) is 11.8. The lowest BCUT2D eigenvalue weighted by atomic mass is 10.2. The molecule has 2 aromatic carbocycles. The van der Waals surface area contributed by atoms with Crippen molar-refractivity contribution in [3.8, 4) is 5.75 Å². The van der Waals surface area contributed by atoms with Gasteiger partial charge in [0, 0.05) is 12.0 Å². The van der Waals surface area contributed by atoms with Crippen molar-refractivity contribution in [3.05, 3.63) is 60.2 Å². The fourth-order valence-electron chi connectivity index (χ4n) is 1.72. The van der Waals surface area contributed by atoms with Crippen molar-refractivity contribution in [2.75, 3.05) is 13.2 Å². The molecule has 0 aliphatic rings. The van der Waals surface area contributed by atoms with E-state index in [1.165, 1.54) is 12.1 Å². The molecule has 0 heterocycles. The second-order valence-electron chi connectivity index (χ2n) is 4.48. The van der Waals surface area contributed by atoms with E-state index in [2.05, 4.69) is 0 Å². The van der Waals surface area contributed by atoms with Crippen LogP contribution in [0, 0.1) is 0 Å². The van der Waals surface area contributed by atoms with Gasteiger partial charge in [-0.15, -0.1) is 0 Å². The van der Waals surface area contributed by atoms with Crippen molar-refractivity contribution in [1.29, 1.82) is 0 Å². The third kappa shape index (κ3) is 4.68. The number of benzene rings is 2. The highest BCUT2D eigenvalue weighted by Crippen LogP contribution is 2.13. The van der Waals surface area contributed by atoms with Crippen LogP contribution in [-0.2, 0) is 14.3 Å². The van der Waals surface area contributed by atoms with E-state index < -0.39 is 10.1 Å². The lowest BCUT2D eigenvalue weighted by Gasteiger charge is -2.07. The van der Waals surface area contributed by atoms with Crippen LogP contribution in [0.3, 0.4) is 0 Å². The van der Waals surface area contributed by atoms with Gasteiger partial charge in [0.15, 0.2) is 0 Å². The van der Waals surface area contributed by atoms with Crippen molar-refractivity contribution in [1.82, 2.24) is 0 Å². The average Bonchev–Trinajstić information content (AvgIpc) is 2.56. The Labute approximate surface area is 129 Å². The molecule has 0 saturated carbocycles. The van der Waals surface area contributed by atoms with Crippen LogP contribution in [0.25, 0.3) is 0 Å². The van der Waals surface area contributed by atoms with E-state index in [1.54, 1.807) is 42.5 Å². The molecule has 0 fully saturated rings. The molecule has 116 valence electrons. The summed E-state index contributed by atoms with van der Waals surface area (Å²) < 4.78 is 34.1. The summed E-state index contributed by atoms with van der Waals surface area (Å²) in [5.41, 5.74) is 0.574. The number of ether oxygens (including phenoxy) is 1. The predicted molar refractivity (Wildman–Crippen MR) is 81.5 cm³/mol. The van der Waals surface area contributed by atoms with Gasteiger partial charge in [-0.1, -0.05) is 18.2 Å². The van der Waals surface area contributed by atoms with Gasteiger partial charge in [0.2, 0.25) is 0 Å². The number of carbonyl (C=O) groups excluding carboxylic acids is 1. The third-order valence-electron chi connectivity index (χ3n) is 2.84. The first-order chi connectivity index (χ1) is 10.6. The third-order valence-corrected chi connectivity index (χ3v) is 4.17. The summed E-state index contributed by atoms with van der Waals surface area (Å²) in [7, 11) is -3.71. The molecule has 0 aromatic heterocycles. The Bertz CT molecular complexity index is 693. The molecule has 0 radical (unpaired) electrons. The van der Waals surface area contributed by atoms with E-state index in [4.69, 9.17) is 8.92 Å². The van der Waals surface area contributed by atoms with Crippen LogP contribution in [0.5, 0.6) is 5.75 Å². The summed E-state index contributed by atoms with van der Waals surface area (Å²) in [6, 6.07) is 14.7. The molecule has 2 rings (SSSR count). The maximum atomic E-state index is 11.8. The van der Waals surface area contributed by atoms with E-state index in [0.717, 1.165) is 6.29 Å². The normalized spacial score (nSPS) is 11.1. The van der Waals surface area contributed by atoms with E-state index in [9.17, 15) is 13.2 Å². The van der Waals surface area contributed by atoms with Gasteiger partial charge in [-0.05, 0) is 36.4 Å². The smallest absolute Gasteiger partial charge is 0.296 e. The Kier molecular flexibility index (Phi) is 5.68. The van der Waals surface area contributed by atoms with Crippen LogP contribution < -0.4 is 4.74 Å². The SMILES string of the molecule is O=Cc1ccc(OCCCOS(=O)(=O)c2ccccc2)cc1. The van der Waals surface area contributed by atoms with Crippen LogP contribution in [-0.4, -0.2) is 27.9 Å². The van der Waals surface area contributed by atoms with Crippen LogP contribution in [0.2, 0.25) is 0 Å². The number of rotatable bonds is 8. The fourth-order valence-corrected chi connectivity index (χ4v) is 2.68. The summed E-state index contributed by atoms with van der Waals surface area (Å²) in [6.07, 6.45) is 1.19. The van der Waals surface area contributed by atoms with Gasteiger partial charge in [-0.3, -0.25) is 8.98 Å². The van der Waals surface area contributed by atoms with Crippen LogP contribution >= 0.6 is 0 Å². The van der Waals surface area contributed by atoms with Crippen molar-refractivity contribution in [2.24, 2.45) is 0 Å². The topological polar surface area (TPSA) is 69.7 Å². The quantitative estimate of drug-likeness (QED) is 0.425. The zero-order valence-corrected chi connectivity index (χ0v) is 12.7. The van der Waals surface area contributed by atoms with Crippen LogP contribution in [0.1, 0.15) is 16.8 Å². The molecular weight excluding hydrogens is 304 g/mol. The minimum absolute atomic E-state index is 0.0453. The highest BCUT2D eigenvalue weighted by atomic mass is 32.2. The summed E-state index contributed by atoms with van der Waals surface area (Å²) in [5, 5.41) is 0. The van der Waals surface area contributed by atoms with Crippen molar-refractivity contribution >= 4 is 16.4 Å². The van der Waals surface area contributed by atoms with Gasteiger partial charge >= 0.3 is 0 Å². The molecule has 0 amide bonds. The maximum Gasteiger partial charge on any atom is 0.296 e. The second-order valence-corrected chi connectivity index (χ2v) is 6.09. The van der Waals surface area contributed by atoms with E-state index in [1.807, 2.05) is 0 Å². The van der Waals surface area contributed by atoms with Crippen molar-refractivity contribution in [2.45, 2.75) is 11.3 Å². The maximum absolute atomic E-state index is 11.8. The minimum Gasteiger partial charge on any atom is -0.494 e. The van der Waals surface area contributed by atoms with Crippen molar-refractivity contribution < 1.29 is 22.1 Å². The zero-order chi connectivity index (χ0) is 15.8. The predicted octanol–water partition coefficient (Wildman–Crippen LogP) is 2.67. The number of hydrogen-bond donors (Lipinski definition) is 0. The molecule has 2 aromatic rings. The summed E-state index contributed by atoms with van der Waals surface area (Å²) in [6.45, 7) is 0.369. The number of hydrogen-bond acceptors (Lipinski definition) is 5. The largest absolute Gasteiger partial charge is 0.494 e. The Morgan fingerprint density at radius 3 is 2.23 bits per heavy atom. The first-order valence-corrected chi connectivity index (χ1v) is 8.15. The molecule has 0 N–H and O–H groups in total. The molecule has 0 atom stereocenters. The summed E-state index contributed by atoms with van der Waals surface area (Å²) in [4.78, 5) is 10.7. The standard InChI is InChI=1S/C16H16O5S/c17-13-14-7-9-15(10-8-14)20-11-4-12-21-22(18,19)16-5-2-1-3-6-16/h1-3,5-10,13H,4,11-12H2. The lowest BCUT2D eigenvalue weighted by molar-refractivity contribution is 0.112. The second kappa shape index (κ2) is 7.72. The Hall–Kier alpha value is -2.18. The number of carbonyl (C=O) groups is 1. The minimum atomic E-state index is -3.71. The summed E-state index contributed by atoms with van der Waals surface area (Å²) >= 11 is 0.